The van der Waals surface area contributed by atoms with Crippen LogP contribution in [0.3, 0.4) is 0 Å². The number of H-pyrrole nitrogens is 1. The van der Waals surface area contributed by atoms with Gasteiger partial charge in [0.15, 0.2) is 42.3 Å². The predicted molar refractivity (Wildman–Crippen MR) is 239 cm³/mol. The van der Waals surface area contributed by atoms with E-state index in [9.17, 15) is 14.4 Å². The highest BCUT2D eigenvalue weighted by Gasteiger charge is 2.57. The fourth-order valence-corrected chi connectivity index (χ4v) is 10.6. The summed E-state index contributed by atoms with van der Waals surface area (Å²) >= 11 is 0. The second-order valence-electron chi connectivity index (χ2n) is 20.7. The van der Waals surface area contributed by atoms with Crippen LogP contribution in [0.25, 0.3) is 17.1 Å². The first kappa shape index (κ1) is 45.6. The number of benzene rings is 1. The Morgan fingerprint density at radius 1 is 0.850 bits per heavy atom. The molecule has 0 spiro atoms. The zero-order valence-corrected chi connectivity index (χ0v) is 41.0. The maximum Gasteiger partial charge on any atom is 0.280 e. The number of aromatic amines is 1. The highest BCUT2D eigenvalue weighted by Crippen LogP contribution is 2.48. The van der Waals surface area contributed by atoms with Gasteiger partial charge in [-0.25, -0.2) is 4.98 Å². The van der Waals surface area contributed by atoms with E-state index in [1.54, 1.807) is 35.2 Å². The monoisotopic (exact) mass is 876 g/mol. The summed E-state index contributed by atoms with van der Waals surface area (Å²) in [5.41, 5.74) is 0.855. The lowest BCUT2D eigenvalue weighted by molar-refractivity contribution is -0.0762. The molecule has 1 fully saturated rings. The van der Waals surface area contributed by atoms with E-state index in [1.807, 2.05) is 6.08 Å². The minimum atomic E-state index is -2.53. The number of nitrogens with one attached hydrogen (secondary N) is 1. The second kappa shape index (κ2) is 15.8. The van der Waals surface area contributed by atoms with E-state index >= 15 is 0 Å². The van der Waals surface area contributed by atoms with Gasteiger partial charge in [0.2, 0.25) is 5.95 Å². The molecule has 60 heavy (non-hydrogen) atoms. The third kappa shape index (κ3) is 8.48. The molecule has 5 heterocycles. The topological polar surface area (TPSA) is 169 Å². The standard InChI is InChI=1S/C42H64N8O7Si3/c1-17-20-29(55-58(11,12)40(2,3)4)31-32(56-59(13,14)41(5,6)7)33(57-60(15,16)42(8,9)10)38(54-31)49-25-43-30-34(49)44-39(45-35(30)51)50-24-26(46-47-50)23-48-36(52)27-21-18-19-22-28(27)37(48)53/h17-19,21-22,24-25,29,31-33,38H,1,20,23H2,2-16H3,(H,44,45,51)/t29?,31-,32-,33-,38-/m1/s1. The van der Waals surface area contributed by atoms with Crippen LogP contribution in [-0.4, -0.2) is 101 Å². The fourth-order valence-electron chi connectivity index (χ4n) is 6.68. The molecule has 2 amide bonds. The van der Waals surface area contributed by atoms with E-state index in [1.165, 1.54) is 10.9 Å². The van der Waals surface area contributed by atoms with Crippen LogP contribution in [-0.2, 0) is 24.6 Å². The van der Waals surface area contributed by atoms with Crippen molar-refractivity contribution >= 4 is 47.9 Å². The summed E-state index contributed by atoms with van der Waals surface area (Å²) in [6.45, 7) is 37.3. The molecule has 326 valence electrons. The molecule has 15 nitrogen and oxygen atoms in total. The molecule has 0 radical (unpaired) electrons. The van der Waals surface area contributed by atoms with Crippen molar-refractivity contribution in [1.82, 2.24) is 39.4 Å². The van der Waals surface area contributed by atoms with Crippen molar-refractivity contribution in [2.45, 2.75) is 160 Å². The quantitative estimate of drug-likeness (QED) is 0.0782. The van der Waals surface area contributed by atoms with Crippen molar-refractivity contribution in [3.8, 4) is 5.95 Å². The van der Waals surface area contributed by atoms with Gasteiger partial charge in [0.1, 0.15) is 24.0 Å². The van der Waals surface area contributed by atoms with Crippen LogP contribution in [0, 0.1) is 0 Å². The summed E-state index contributed by atoms with van der Waals surface area (Å²) in [7, 11) is -7.36. The van der Waals surface area contributed by atoms with Gasteiger partial charge in [-0.05, 0) is 73.0 Å². The summed E-state index contributed by atoms with van der Waals surface area (Å²) in [6.07, 6.45) is 2.50. The highest BCUT2D eigenvalue weighted by atomic mass is 28.4. The van der Waals surface area contributed by atoms with Crippen LogP contribution in [0.5, 0.6) is 0 Å². The average Bonchev–Trinajstić information content (AvgIpc) is 3.90. The van der Waals surface area contributed by atoms with Crippen molar-refractivity contribution < 1.29 is 27.6 Å². The molecular weight excluding hydrogens is 813 g/mol. The van der Waals surface area contributed by atoms with Crippen molar-refractivity contribution in [3.63, 3.8) is 0 Å². The maximum atomic E-state index is 13.8. The van der Waals surface area contributed by atoms with Crippen LogP contribution in [0.1, 0.15) is 101 Å². The van der Waals surface area contributed by atoms with Crippen molar-refractivity contribution in [2.24, 2.45) is 0 Å². The van der Waals surface area contributed by atoms with E-state index in [-0.39, 0.29) is 38.8 Å². The van der Waals surface area contributed by atoms with E-state index in [4.69, 9.17) is 23.0 Å². The predicted octanol–water partition coefficient (Wildman–Crippen LogP) is 8.14. The molecule has 0 saturated carbocycles. The molecule has 1 aromatic carbocycles. The van der Waals surface area contributed by atoms with Gasteiger partial charge in [0, 0.05) is 0 Å². The summed E-state index contributed by atoms with van der Waals surface area (Å²) in [4.78, 5) is 53.3. The summed E-state index contributed by atoms with van der Waals surface area (Å²) in [5.74, 6) is -0.758. The molecule has 5 atom stereocenters. The molecular formula is C42H64N8O7Si3. The van der Waals surface area contributed by atoms with Crippen molar-refractivity contribution in [2.75, 3.05) is 0 Å². The molecule has 0 bridgehead atoms. The zero-order chi connectivity index (χ0) is 44.5. The molecule has 1 saturated heterocycles. The zero-order valence-electron chi connectivity index (χ0n) is 38.0. The van der Waals surface area contributed by atoms with E-state index in [0.29, 0.717) is 23.2 Å². The third-order valence-corrected chi connectivity index (χ3v) is 26.8. The van der Waals surface area contributed by atoms with Gasteiger partial charge >= 0.3 is 0 Å². The van der Waals surface area contributed by atoms with Gasteiger partial charge < -0.3 is 18.0 Å². The average molecular weight is 877 g/mol. The number of carbonyl (C=O) groups excluding carboxylic acids is 2. The van der Waals surface area contributed by atoms with Crippen LogP contribution < -0.4 is 5.56 Å². The Hall–Kier alpha value is -3.92. The summed E-state index contributed by atoms with van der Waals surface area (Å²) in [5, 5.41) is 8.09. The lowest BCUT2D eigenvalue weighted by Gasteiger charge is -2.45. The molecule has 4 aromatic rings. The second-order valence-corrected chi connectivity index (χ2v) is 35.0. The molecule has 2 aliphatic heterocycles. The van der Waals surface area contributed by atoms with Gasteiger partial charge in [-0.3, -0.25) is 28.8 Å². The van der Waals surface area contributed by atoms with Crippen molar-refractivity contribution in [1.29, 1.82) is 0 Å². The fraction of sp³-hybridized carbons (Fsp3) is 0.595. The molecule has 6 rings (SSSR count). The SMILES string of the molecule is C=CCC(O[Si](C)(C)C(C)(C)C)[C@H]1O[C@@H](n2cnc3c(=O)[nH]c(-n4cc(CN5C(=O)c6ccccc6C5=O)nn4)nc32)[C@H](O[Si](C)(C)C(C)(C)C)[C@@H]1O[Si](C)(C)C(C)(C)C. The number of hydrogen-bond acceptors (Lipinski definition) is 11. The Kier molecular flexibility index (Phi) is 12.0. The molecule has 2 aliphatic rings. The van der Waals surface area contributed by atoms with Gasteiger partial charge in [-0.15, -0.1) is 11.7 Å². The number of imidazole rings is 1. The smallest absolute Gasteiger partial charge is 0.280 e. The number of nitrogens with zero attached hydrogens (tertiary/aromatic N) is 7. The maximum absolute atomic E-state index is 13.8. The number of hydrogen-bond donors (Lipinski definition) is 1. The van der Waals surface area contributed by atoms with Crippen LogP contribution in [0.2, 0.25) is 54.4 Å². The lowest BCUT2D eigenvalue weighted by atomic mass is 10.0. The first-order chi connectivity index (χ1) is 27.6. The minimum Gasteiger partial charge on any atom is -0.411 e. The molecule has 1 N–H and O–H groups in total. The highest BCUT2D eigenvalue weighted by molar-refractivity contribution is 6.75. The Balaban J connectivity index is 1.45. The number of fused-ring (bicyclic) bond motifs is 2. The Morgan fingerprint density at radius 3 is 1.93 bits per heavy atom. The normalized spacial score (nSPS) is 21.3. The van der Waals surface area contributed by atoms with Crippen LogP contribution in [0.15, 0.2) is 54.2 Å². The van der Waals surface area contributed by atoms with Gasteiger partial charge in [-0.1, -0.05) is 85.7 Å². The van der Waals surface area contributed by atoms with Gasteiger partial charge in [0.05, 0.1) is 36.3 Å². The largest absolute Gasteiger partial charge is 0.411 e. The molecule has 3 aromatic heterocycles. The molecule has 18 heteroatoms. The first-order valence-electron chi connectivity index (χ1n) is 20.7. The van der Waals surface area contributed by atoms with Crippen molar-refractivity contribution in [3.05, 3.63) is 76.6 Å². The number of amides is 2. The lowest BCUT2D eigenvalue weighted by Crippen LogP contribution is -2.56. The number of aromatic nitrogens is 7. The number of imide groups is 1. The molecule has 0 aliphatic carbocycles. The minimum absolute atomic E-state index is 0.0617. The Bertz CT molecular complexity index is 2300. The van der Waals surface area contributed by atoms with Gasteiger partial charge in [-0.2, -0.15) is 9.67 Å². The summed E-state index contributed by atoms with van der Waals surface area (Å²) in [6, 6.07) is 6.69. The van der Waals surface area contributed by atoms with Gasteiger partial charge in [0.25, 0.3) is 17.4 Å². The number of ether oxygens (including phenoxy) is 1. The van der Waals surface area contributed by atoms with E-state index < -0.39 is 73.0 Å². The third-order valence-electron chi connectivity index (χ3n) is 13.4. The van der Waals surface area contributed by atoms with Crippen LogP contribution in [0.4, 0.5) is 0 Å². The molecule has 1 unspecified atom stereocenters. The number of rotatable bonds is 13. The van der Waals surface area contributed by atoms with E-state index in [2.05, 4.69) is 128 Å². The Labute approximate surface area is 356 Å². The van der Waals surface area contributed by atoms with Crippen LogP contribution >= 0.6 is 0 Å². The summed E-state index contributed by atoms with van der Waals surface area (Å²) < 4.78 is 32.4. The Morgan fingerprint density at radius 2 is 1.40 bits per heavy atom. The van der Waals surface area contributed by atoms with E-state index in [0.717, 1.165) is 4.90 Å². The first-order valence-corrected chi connectivity index (χ1v) is 29.4. The number of carbonyl (C=O) groups is 2.